The number of oxime groups is 1. The maximum Gasteiger partial charge on any atom is 0.351 e. The van der Waals surface area contributed by atoms with Crippen LogP contribution >= 0.6 is 0 Å². The van der Waals surface area contributed by atoms with Crippen LogP contribution in [0.4, 0.5) is 0 Å². The van der Waals surface area contributed by atoms with E-state index in [0.717, 1.165) is 5.56 Å². The summed E-state index contributed by atoms with van der Waals surface area (Å²) < 4.78 is 0. The molecule has 0 radical (unpaired) electrons. The van der Waals surface area contributed by atoms with Crippen LogP contribution < -0.4 is 0 Å². The smallest absolute Gasteiger partial charge is 0.351 e. The number of benzene rings is 1. The normalized spacial score (nSPS) is 23.7. The second-order valence-corrected chi connectivity index (χ2v) is 3.83. The average molecular weight is 219 g/mol. The maximum atomic E-state index is 11.1. The molecular formula is C12H13NO3. The van der Waals surface area contributed by atoms with E-state index >= 15 is 0 Å². The van der Waals surface area contributed by atoms with Crippen molar-refractivity contribution in [1.29, 1.82) is 0 Å². The van der Waals surface area contributed by atoms with Gasteiger partial charge in [-0.05, 0) is 12.0 Å². The molecule has 1 unspecified atom stereocenters. The minimum absolute atomic E-state index is 0.322. The van der Waals surface area contributed by atoms with E-state index in [1.165, 1.54) is 0 Å². The molecule has 0 aliphatic carbocycles. The van der Waals surface area contributed by atoms with Crippen LogP contribution in [-0.2, 0) is 9.63 Å². The highest BCUT2D eigenvalue weighted by Crippen LogP contribution is 2.30. The molecule has 0 amide bonds. The van der Waals surface area contributed by atoms with E-state index in [2.05, 4.69) is 5.16 Å². The average Bonchev–Trinajstić information content (AvgIpc) is 2.76. The van der Waals surface area contributed by atoms with Crippen LogP contribution in [0.3, 0.4) is 0 Å². The Bertz CT molecular complexity index is 427. The quantitative estimate of drug-likeness (QED) is 0.846. The van der Waals surface area contributed by atoms with Gasteiger partial charge in [-0.2, -0.15) is 0 Å². The fraction of sp³-hybridized carbons (Fsp3) is 0.333. The highest BCUT2D eigenvalue weighted by atomic mass is 16.7. The van der Waals surface area contributed by atoms with E-state index in [0.29, 0.717) is 18.6 Å². The first-order valence-corrected chi connectivity index (χ1v) is 5.22. The molecule has 1 aliphatic heterocycles. The second kappa shape index (κ2) is 3.96. The molecule has 1 heterocycles. The molecule has 2 rings (SSSR count). The molecule has 16 heavy (non-hydrogen) atoms. The van der Waals surface area contributed by atoms with Crippen LogP contribution in [0.2, 0.25) is 0 Å². The van der Waals surface area contributed by atoms with Crippen LogP contribution in [0.15, 0.2) is 35.5 Å². The minimum atomic E-state index is -1.18. The third-order valence-corrected chi connectivity index (χ3v) is 2.85. The zero-order valence-corrected chi connectivity index (χ0v) is 9.01. The first-order chi connectivity index (χ1) is 7.68. The Kier molecular flexibility index (Phi) is 2.64. The summed E-state index contributed by atoms with van der Waals surface area (Å²) >= 11 is 0. The number of nitrogens with zero attached hydrogens (tertiary/aromatic N) is 1. The molecule has 84 valence electrons. The standard InChI is InChI=1S/C12H13NO3/c1-2-12(11(14)15)8-10(13-16-12)9-6-4-3-5-7-9/h3-7H,2,8H2,1H3,(H,14,15). The maximum absolute atomic E-state index is 11.1. The van der Waals surface area contributed by atoms with Crippen molar-refractivity contribution in [2.75, 3.05) is 0 Å². The fourth-order valence-corrected chi connectivity index (χ4v) is 1.72. The van der Waals surface area contributed by atoms with E-state index < -0.39 is 11.6 Å². The van der Waals surface area contributed by atoms with Crippen LogP contribution in [-0.4, -0.2) is 22.4 Å². The zero-order chi connectivity index (χ0) is 11.6. The molecule has 1 N–H and O–H groups in total. The minimum Gasteiger partial charge on any atom is -0.478 e. The molecule has 0 bridgehead atoms. The SMILES string of the molecule is CCC1(C(=O)O)CC(c2ccccc2)=NO1. The number of carbonyl (C=O) groups is 1. The number of aliphatic carboxylic acids is 1. The topological polar surface area (TPSA) is 58.9 Å². The van der Waals surface area contributed by atoms with Crippen molar-refractivity contribution in [2.24, 2.45) is 5.16 Å². The molecule has 0 spiro atoms. The van der Waals surface area contributed by atoms with E-state index in [-0.39, 0.29) is 0 Å². The predicted molar refractivity (Wildman–Crippen MR) is 59.3 cm³/mol. The highest BCUT2D eigenvalue weighted by molar-refractivity contribution is 6.04. The summed E-state index contributed by atoms with van der Waals surface area (Å²) in [6.45, 7) is 1.79. The third-order valence-electron chi connectivity index (χ3n) is 2.85. The molecule has 1 aromatic rings. The van der Waals surface area contributed by atoms with Crippen molar-refractivity contribution in [3.05, 3.63) is 35.9 Å². The number of hydrogen-bond acceptors (Lipinski definition) is 3. The van der Waals surface area contributed by atoms with Crippen molar-refractivity contribution in [1.82, 2.24) is 0 Å². The van der Waals surface area contributed by atoms with Gasteiger partial charge >= 0.3 is 5.97 Å². The Morgan fingerprint density at radius 2 is 2.19 bits per heavy atom. The van der Waals surface area contributed by atoms with Crippen LogP contribution in [0.5, 0.6) is 0 Å². The Morgan fingerprint density at radius 1 is 1.50 bits per heavy atom. The molecule has 4 heteroatoms. The predicted octanol–water partition coefficient (Wildman–Crippen LogP) is 2.04. The van der Waals surface area contributed by atoms with Crippen LogP contribution in [0, 0.1) is 0 Å². The Morgan fingerprint density at radius 3 is 2.69 bits per heavy atom. The molecule has 0 fully saturated rings. The number of carboxylic acids is 1. The summed E-state index contributed by atoms with van der Waals surface area (Å²) in [7, 11) is 0. The van der Waals surface area contributed by atoms with Gasteiger partial charge in [-0.25, -0.2) is 4.79 Å². The molecule has 0 aromatic heterocycles. The van der Waals surface area contributed by atoms with Crippen molar-refractivity contribution >= 4 is 11.7 Å². The van der Waals surface area contributed by atoms with Gasteiger partial charge in [0.15, 0.2) is 0 Å². The second-order valence-electron chi connectivity index (χ2n) is 3.83. The van der Waals surface area contributed by atoms with E-state index in [1.807, 2.05) is 30.3 Å². The monoisotopic (exact) mass is 219 g/mol. The van der Waals surface area contributed by atoms with Crippen LogP contribution in [0.25, 0.3) is 0 Å². The lowest BCUT2D eigenvalue weighted by molar-refractivity contribution is -0.162. The first-order valence-electron chi connectivity index (χ1n) is 5.22. The number of rotatable bonds is 3. The summed E-state index contributed by atoms with van der Waals surface area (Å²) in [4.78, 5) is 16.2. The molecule has 0 saturated heterocycles. The Labute approximate surface area is 93.5 Å². The van der Waals surface area contributed by atoms with E-state index in [9.17, 15) is 4.79 Å². The molecular weight excluding hydrogens is 206 g/mol. The molecule has 1 aliphatic rings. The highest BCUT2D eigenvalue weighted by Gasteiger charge is 2.45. The van der Waals surface area contributed by atoms with E-state index in [4.69, 9.17) is 9.94 Å². The lowest BCUT2D eigenvalue weighted by Gasteiger charge is -2.18. The van der Waals surface area contributed by atoms with Crippen molar-refractivity contribution in [3.63, 3.8) is 0 Å². The summed E-state index contributed by atoms with van der Waals surface area (Å²) in [6.07, 6.45) is 0.727. The lowest BCUT2D eigenvalue weighted by Crippen LogP contribution is -2.38. The van der Waals surface area contributed by atoms with Crippen molar-refractivity contribution in [2.45, 2.75) is 25.4 Å². The molecule has 1 atom stereocenters. The van der Waals surface area contributed by atoms with Gasteiger partial charge in [0.25, 0.3) is 0 Å². The van der Waals surface area contributed by atoms with Gasteiger partial charge < -0.3 is 9.94 Å². The van der Waals surface area contributed by atoms with Gasteiger partial charge in [0.2, 0.25) is 5.60 Å². The number of hydrogen-bond donors (Lipinski definition) is 1. The van der Waals surface area contributed by atoms with Gasteiger partial charge in [-0.3, -0.25) is 0 Å². The van der Waals surface area contributed by atoms with Crippen molar-refractivity contribution < 1.29 is 14.7 Å². The van der Waals surface area contributed by atoms with Gasteiger partial charge in [-0.1, -0.05) is 42.4 Å². The van der Waals surface area contributed by atoms with Gasteiger partial charge in [-0.15, -0.1) is 0 Å². The summed E-state index contributed by atoms with van der Waals surface area (Å²) in [5, 5.41) is 13.0. The van der Waals surface area contributed by atoms with Gasteiger partial charge in [0, 0.05) is 6.42 Å². The zero-order valence-electron chi connectivity index (χ0n) is 9.01. The Hall–Kier alpha value is -1.84. The molecule has 4 nitrogen and oxygen atoms in total. The Balaban J connectivity index is 2.22. The van der Waals surface area contributed by atoms with Crippen molar-refractivity contribution in [3.8, 4) is 0 Å². The summed E-state index contributed by atoms with van der Waals surface area (Å²) in [6, 6.07) is 9.49. The fourth-order valence-electron chi connectivity index (χ4n) is 1.72. The number of carboxylic acid groups (broad SMARTS) is 1. The molecule has 0 saturated carbocycles. The van der Waals surface area contributed by atoms with E-state index in [1.54, 1.807) is 6.92 Å². The summed E-state index contributed by atoms with van der Waals surface area (Å²) in [5.41, 5.74) is 0.439. The summed E-state index contributed by atoms with van der Waals surface area (Å²) in [5.74, 6) is -0.954. The van der Waals surface area contributed by atoms with Gasteiger partial charge in [0.05, 0.1) is 5.71 Å². The van der Waals surface area contributed by atoms with Gasteiger partial charge in [0.1, 0.15) is 0 Å². The van der Waals surface area contributed by atoms with Crippen LogP contribution in [0.1, 0.15) is 25.3 Å². The molecule has 1 aromatic carbocycles. The lowest BCUT2D eigenvalue weighted by atomic mass is 9.92. The first kappa shape index (κ1) is 10.7. The third kappa shape index (κ3) is 1.66. The largest absolute Gasteiger partial charge is 0.478 e.